The highest BCUT2D eigenvalue weighted by Gasteiger charge is 2.22. The molecule has 2 aromatic heterocycles. The van der Waals surface area contributed by atoms with Crippen LogP contribution in [0, 0.1) is 12.7 Å². The number of piperidine rings is 1. The van der Waals surface area contributed by atoms with Crippen molar-refractivity contribution in [3.63, 3.8) is 0 Å². The van der Waals surface area contributed by atoms with Crippen LogP contribution in [0.3, 0.4) is 0 Å². The summed E-state index contributed by atoms with van der Waals surface area (Å²) in [6.07, 6.45) is 6.88. The van der Waals surface area contributed by atoms with Gasteiger partial charge in [-0.1, -0.05) is 0 Å². The molecule has 2 aromatic rings. The number of aromatic nitrogens is 3. The second-order valence-corrected chi connectivity index (χ2v) is 5.53. The molecule has 1 aliphatic rings. The van der Waals surface area contributed by atoms with Crippen molar-refractivity contribution < 1.29 is 9.13 Å². The van der Waals surface area contributed by atoms with Crippen molar-refractivity contribution in [2.24, 2.45) is 0 Å². The number of rotatable bonds is 4. The Kier molecular flexibility index (Phi) is 4.58. The van der Waals surface area contributed by atoms with Crippen LogP contribution < -0.4 is 4.74 Å². The van der Waals surface area contributed by atoms with E-state index in [0.29, 0.717) is 0 Å². The lowest BCUT2D eigenvalue weighted by molar-refractivity contribution is 0.0889. The standard InChI is InChI=1S/C16H19FN4O/c1-12-9-20-13(10-19-12)11-21-7-4-14(5-8-21)22-16-15(17)3-2-6-18-16/h2-3,6,9-10,14H,4-5,7-8,11H2,1H3. The van der Waals surface area contributed by atoms with Crippen molar-refractivity contribution in [2.75, 3.05) is 13.1 Å². The minimum absolute atomic E-state index is 0.0183. The van der Waals surface area contributed by atoms with Crippen LogP contribution in [0.2, 0.25) is 0 Å². The van der Waals surface area contributed by atoms with E-state index < -0.39 is 5.82 Å². The Hall–Kier alpha value is -2.08. The molecule has 3 rings (SSSR count). The summed E-state index contributed by atoms with van der Waals surface area (Å²) in [5, 5.41) is 0. The molecule has 116 valence electrons. The summed E-state index contributed by atoms with van der Waals surface area (Å²) in [6.45, 7) is 4.51. The van der Waals surface area contributed by atoms with Gasteiger partial charge < -0.3 is 4.74 Å². The summed E-state index contributed by atoms with van der Waals surface area (Å²) in [6, 6.07) is 2.93. The Morgan fingerprint density at radius 2 is 2.05 bits per heavy atom. The predicted octanol–water partition coefficient (Wildman–Crippen LogP) is 2.36. The maximum absolute atomic E-state index is 13.5. The van der Waals surface area contributed by atoms with E-state index in [1.807, 2.05) is 13.1 Å². The molecule has 0 amide bonds. The molecule has 5 nitrogen and oxygen atoms in total. The zero-order valence-corrected chi connectivity index (χ0v) is 12.6. The number of likely N-dealkylation sites (tertiary alicyclic amines) is 1. The highest BCUT2D eigenvalue weighted by atomic mass is 19.1. The summed E-state index contributed by atoms with van der Waals surface area (Å²) in [5.41, 5.74) is 1.90. The summed E-state index contributed by atoms with van der Waals surface area (Å²) in [4.78, 5) is 14.9. The van der Waals surface area contributed by atoms with E-state index in [-0.39, 0.29) is 12.0 Å². The third-order valence-electron chi connectivity index (χ3n) is 3.76. The maximum atomic E-state index is 13.5. The number of ether oxygens (including phenoxy) is 1. The Bertz CT molecular complexity index is 612. The van der Waals surface area contributed by atoms with Crippen LogP contribution in [0.4, 0.5) is 4.39 Å². The molecule has 0 radical (unpaired) electrons. The fourth-order valence-corrected chi connectivity index (χ4v) is 2.53. The zero-order chi connectivity index (χ0) is 15.4. The van der Waals surface area contributed by atoms with E-state index in [1.165, 1.54) is 6.07 Å². The van der Waals surface area contributed by atoms with Crippen LogP contribution in [-0.2, 0) is 6.54 Å². The van der Waals surface area contributed by atoms with E-state index >= 15 is 0 Å². The number of aryl methyl sites for hydroxylation is 1. The Morgan fingerprint density at radius 3 is 2.73 bits per heavy atom. The number of hydrogen-bond donors (Lipinski definition) is 0. The van der Waals surface area contributed by atoms with Crippen molar-refractivity contribution in [3.8, 4) is 5.88 Å². The van der Waals surface area contributed by atoms with Gasteiger partial charge in [0.1, 0.15) is 6.10 Å². The van der Waals surface area contributed by atoms with Gasteiger partial charge in [-0.25, -0.2) is 9.37 Å². The molecule has 0 aromatic carbocycles. The molecule has 1 saturated heterocycles. The van der Waals surface area contributed by atoms with Gasteiger partial charge in [0.2, 0.25) is 0 Å². The molecule has 0 saturated carbocycles. The van der Waals surface area contributed by atoms with E-state index in [4.69, 9.17) is 4.74 Å². The largest absolute Gasteiger partial charge is 0.472 e. The molecule has 0 unspecified atom stereocenters. The predicted molar refractivity (Wildman–Crippen MR) is 79.9 cm³/mol. The summed E-state index contributed by atoms with van der Waals surface area (Å²) in [7, 11) is 0. The van der Waals surface area contributed by atoms with Crippen LogP contribution in [0.5, 0.6) is 5.88 Å². The molecule has 0 N–H and O–H groups in total. The topological polar surface area (TPSA) is 51.1 Å². The van der Waals surface area contributed by atoms with Crippen LogP contribution in [-0.4, -0.2) is 39.0 Å². The summed E-state index contributed by atoms with van der Waals surface area (Å²) >= 11 is 0. The van der Waals surface area contributed by atoms with Crippen LogP contribution >= 0.6 is 0 Å². The van der Waals surface area contributed by atoms with E-state index in [0.717, 1.165) is 43.9 Å². The van der Waals surface area contributed by atoms with Gasteiger partial charge in [-0.05, 0) is 31.9 Å². The molecule has 1 aliphatic heterocycles. The highest BCUT2D eigenvalue weighted by molar-refractivity contribution is 5.13. The van der Waals surface area contributed by atoms with Crippen molar-refractivity contribution in [1.29, 1.82) is 0 Å². The Labute approximate surface area is 129 Å². The minimum Gasteiger partial charge on any atom is -0.472 e. The van der Waals surface area contributed by atoms with Gasteiger partial charge in [-0.15, -0.1) is 0 Å². The summed E-state index contributed by atoms with van der Waals surface area (Å²) in [5.74, 6) is -0.301. The molecule has 0 bridgehead atoms. The molecule has 0 spiro atoms. The van der Waals surface area contributed by atoms with Crippen LogP contribution in [0.15, 0.2) is 30.7 Å². The SMILES string of the molecule is Cc1cnc(CN2CCC(Oc3ncccc3F)CC2)cn1. The first-order chi connectivity index (χ1) is 10.7. The van der Waals surface area contributed by atoms with E-state index in [2.05, 4.69) is 19.9 Å². The molecule has 1 fully saturated rings. The zero-order valence-electron chi connectivity index (χ0n) is 12.6. The molecule has 0 atom stereocenters. The summed E-state index contributed by atoms with van der Waals surface area (Å²) < 4.78 is 19.2. The molecule has 3 heterocycles. The van der Waals surface area contributed by atoms with Crippen molar-refractivity contribution in [3.05, 3.63) is 47.9 Å². The lowest BCUT2D eigenvalue weighted by atomic mass is 10.1. The van der Waals surface area contributed by atoms with Crippen LogP contribution in [0.25, 0.3) is 0 Å². The van der Waals surface area contributed by atoms with Crippen molar-refractivity contribution in [2.45, 2.75) is 32.4 Å². The average molecular weight is 302 g/mol. The third kappa shape index (κ3) is 3.76. The minimum atomic E-state index is -0.403. The van der Waals surface area contributed by atoms with Gasteiger partial charge in [-0.2, -0.15) is 0 Å². The van der Waals surface area contributed by atoms with Gasteiger partial charge in [0.05, 0.1) is 11.4 Å². The van der Waals surface area contributed by atoms with E-state index in [9.17, 15) is 4.39 Å². The molecule has 6 heteroatoms. The second kappa shape index (κ2) is 6.79. The maximum Gasteiger partial charge on any atom is 0.250 e. The van der Waals surface area contributed by atoms with Crippen molar-refractivity contribution >= 4 is 0 Å². The highest BCUT2D eigenvalue weighted by Crippen LogP contribution is 2.20. The molecule has 0 aliphatic carbocycles. The van der Waals surface area contributed by atoms with Gasteiger partial charge >= 0.3 is 0 Å². The van der Waals surface area contributed by atoms with Crippen molar-refractivity contribution in [1.82, 2.24) is 19.9 Å². The fraction of sp³-hybridized carbons (Fsp3) is 0.438. The first kappa shape index (κ1) is 14.8. The average Bonchev–Trinajstić information content (AvgIpc) is 2.54. The van der Waals surface area contributed by atoms with Crippen LogP contribution in [0.1, 0.15) is 24.2 Å². The quantitative estimate of drug-likeness (QED) is 0.868. The Balaban J connectivity index is 1.50. The third-order valence-corrected chi connectivity index (χ3v) is 3.76. The van der Waals surface area contributed by atoms with Gasteiger partial charge in [0.25, 0.3) is 5.88 Å². The van der Waals surface area contributed by atoms with Gasteiger partial charge in [-0.3, -0.25) is 14.9 Å². The second-order valence-electron chi connectivity index (χ2n) is 5.53. The number of nitrogens with zero attached hydrogens (tertiary/aromatic N) is 4. The lowest BCUT2D eigenvalue weighted by Crippen LogP contribution is -2.38. The Morgan fingerprint density at radius 1 is 1.23 bits per heavy atom. The first-order valence-electron chi connectivity index (χ1n) is 7.48. The van der Waals surface area contributed by atoms with Gasteiger partial charge in [0, 0.05) is 38.2 Å². The molecular formula is C16H19FN4O. The number of hydrogen-bond acceptors (Lipinski definition) is 5. The van der Waals surface area contributed by atoms with Gasteiger partial charge in [0.15, 0.2) is 5.82 Å². The number of halogens is 1. The number of pyridine rings is 1. The molecular weight excluding hydrogens is 283 g/mol. The first-order valence-corrected chi connectivity index (χ1v) is 7.48. The normalized spacial score (nSPS) is 16.6. The monoisotopic (exact) mass is 302 g/mol. The lowest BCUT2D eigenvalue weighted by Gasteiger charge is -2.31. The van der Waals surface area contributed by atoms with E-state index in [1.54, 1.807) is 18.5 Å². The smallest absolute Gasteiger partial charge is 0.250 e. The molecule has 22 heavy (non-hydrogen) atoms. The fourth-order valence-electron chi connectivity index (χ4n) is 2.53.